The molecule has 2 heterocycles. The van der Waals surface area contributed by atoms with Gasteiger partial charge in [0.25, 0.3) is 5.91 Å². The summed E-state index contributed by atoms with van der Waals surface area (Å²) in [6, 6.07) is 3.34. The van der Waals surface area contributed by atoms with Gasteiger partial charge in [0, 0.05) is 16.3 Å². The van der Waals surface area contributed by atoms with Crippen molar-refractivity contribution >= 4 is 23.2 Å². The maximum Gasteiger partial charge on any atom is 0.265 e. The number of hydrogen-bond acceptors (Lipinski definition) is 4. The Morgan fingerprint density at radius 1 is 1.58 bits per heavy atom. The van der Waals surface area contributed by atoms with E-state index in [-0.39, 0.29) is 5.91 Å². The summed E-state index contributed by atoms with van der Waals surface area (Å²) in [4.78, 5) is 27.7. The standard InChI is InChI=1S/C13H18N2O3S/c1-8-4-5-10(19-8)13(3)6-7-15(12(13)17)9(2)11(16)14-18/h4-5,9,18H,6-7H2,1-3H3,(H,14,16)/t9-,13?/m1/s1. The number of carbonyl (C=O) groups is 2. The van der Waals surface area contributed by atoms with Crippen molar-refractivity contribution in [2.24, 2.45) is 0 Å². The lowest BCUT2D eigenvalue weighted by Gasteiger charge is -2.26. The molecule has 0 spiro atoms. The van der Waals surface area contributed by atoms with Gasteiger partial charge in [-0.1, -0.05) is 0 Å². The van der Waals surface area contributed by atoms with Crippen LogP contribution in [0.5, 0.6) is 0 Å². The van der Waals surface area contributed by atoms with E-state index in [1.165, 1.54) is 9.78 Å². The van der Waals surface area contributed by atoms with Crippen LogP contribution in [0.4, 0.5) is 0 Å². The Morgan fingerprint density at radius 2 is 2.26 bits per heavy atom. The van der Waals surface area contributed by atoms with Crippen molar-refractivity contribution in [3.05, 3.63) is 21.9 Å². The largest absolute Gasteiger partial charge is 0.330 e. The average molecular weight is 282 g/mol. The molecule has 19 heavy (non-hydrogen) atoms. The first-order chi connectivity index (χ1) is 8.90. The average Bonchev–Trinajstić information content (AvgIpc) is 2.95. The van der Waals surface area contributed by atoms with Crippen LogP contribution in [-0.2, 0) is 15.0 Å². The van der Waals surface area contributed by atoms with Crippen molar-refractivity contribution in [2.75, 3.05) is 6.54 Å². The molecule has 0 aliphatic carbocycles. The summed E-state index contributed by atoms with van der Waals surface area (Å²) in [6.07, 6.45) is 0.689. The Hall–Kier alpha value is -1.40. The summed E-state index contributed by atoms with van der Waals surface area (Å²) >= 11 is 1.62. The van der Waals surface area contributed by atoms with Crippen LogP contribution in [0.2, 0.25) is 0 Å². The number of hydrogen-bond donors (Lipinski definition) is 2. The van der Waals surface area contributed by atoms with Gasteiger partial charge in [0.1, 0.15) is 6.04 Å². The first kappa shape index (κ1) is 14.0. The van der Waals surface area contributed by atoms with E-state index in [1.54, 1.807) is 23.7 Å². The molecule has 6 heteroatoms. The van der Waals surface area contributed by atoms with E-state index in [1.807, 2.05) is 26.0 Å². The van der Waals surface area contributed by atoms with Crippen LogP contribution in [-0.4, -0.2) is 34.5 Å². The minimum absolute atomic E-state index is 0.0505. The molecular formula is C13H18N2O3S. The molecule has 104 valence electrons. The third-order valence-electron chi connectivity index (χ3n) is 3.83. The third-order valence-corrected chi connectivity index (χ3v) is 5.09. The predicted molar refractivity (Wildman–Crippen MR) is 72.1 cm³/mol. The van der Waals surface area contributed by atoms with Crippen LogP contribution in [0.25, 0.3) is 0 Å². The number of amides is 2. The van der Waals surface area contributed by atoms with Crippen molar-refractivity contribution in [1.82, 2.24) is 10.4 Å². The van der Waals surface area contributed by atoms with Gasteiger partial charge >= 0.3 is 0 Å². The summed E-state index contributed by atoms with van der Waals surface area (Å²) in [5.41, 5.74) is 1.05. The highest BCUT2D eigenvalue weighted by molar-refractivity contribution is 7.12. The Labute approximate surface area is 116 Å². The summed E-state index contributed by atoms with van der Waals surface area (Å²) in [6.45, 7) is 6.08. The quantitative estimate of drug-likeness (QED) is 0.651. The van der Waals surface area contributed by atoms with E-state index in [9.17, 15) is 9.59 Å². The van der Waals surface area contributed by atoms with Gasteiger partial charge in [0.15, 0.2) is 0 Å². The predicted octanol–water partition coefficient (Wildman–Crippen LogP) is 1.44. The molecule has 1 saturated heterocycles. The van der Waals surface area contributed by atoms with Gasteiger partial charge in [0.2, 0.25) is 5.91 Å². The summed E-state index contributed by atoms with van der Waals surface area (Å²) in [5, 5.41) is 8.67. The third kappa shape index (κ3) is 2.26. The van der Waals surface area contributed by atoms with E-state index in [0.717, 1.165) is 4.88 Å². The number of rotatable bonds is 3. The highest BCUT2D eigenvalue weighted by Crippen LogP contribution is 2.39. The van der Waals surface area contributed by atoms with Crippen LogP contribution >= 0.6 is 11.3 Å². The number of likely N-dealkylation sites (tertiary alicyclic amines) is 1. The Morgan fingerprint density at radius 3 is 2.79 bits per heavy atom. The molecule has 5 nitrogen and oxygen atoms in total. The van der Waals surface area contributed by atoms with Gasteiger partial charge in [0.05, 0.1) is 5.41 Å². The molecule has 1 aromatic heterocycles. The first-order valence-electron chi connectivity index (χ1n) is 6.22. The second-order valence-corrected chi connectivity index (χ2v) is 6.43. The molecule has 2 atom stereocenters. The topological polar surface area (TPSA) is 69.6 Å². The summed E-state index contributed by atoms with van der Waals surface area (Å²) in [7, 11) is 0. The summed E-state index contributed by atoms with van der Waals surface area (Å²) in [5.74, 6) is -0.606. The number of nitrogens with one attached hydrogen (secondary N) is 1. The minimum atomic E-state index is -0.652. The summed E-state index contributed by atoms with van der Waals surface area (Å²) < 4.78 is 0. The molecule has 1 aliphatic heterocycles. The lowest BCUT2D eigenvalue weighted by atomic mass is 9.87. The van der Waals surface area contributed by atoms with Crippen molar-refractivity contribution in [2.45, 2.75) is 38.6 Å². The zero-order valence-corrected chi connectivity index (χ0v) is 12.1. The number of carbonyl (C=O) groups excluding carboxylic acids is 2. The SMILES string of the molecule is Cc1ccc(C2(C)CCN([C@H](C)C(=O)NO)C2=O)s1. The molecule has 2 rings (SSSR count). The van der Waals surface area contributed by atoms with Crippen molar-refractivity contribution in [3.63, 3.8) is 0 Å². The molecule has 1 aliphatic rings. The molecule has 2 N–H and O–H groups in total. The van der Waals surface area contributed by atoms with Crippen LogP contribution in [0.1, 0.15) is 30.0 Å². The number of nitrogens with zero attached hydrogens (tertiary/aromatic N) is 1. The fraction of sp³-hybridized carbons (Fsp3) is 0.538. The highest BCUT2D eigenvalue weighted by atomic mass is 32.1. The van der Waals surface area contributed by atoms with Gasteiger partial charge in [-0.25, -0.2) is 5.48 Å². The number of hydroxylamine groups is 1. The molecule has 1 aromatic rings. The van der Waals surface area contributed by atoms with E-state index < -0.39 is 17.4 Å². The first-order valence-corrected chi connectivity index (χ1v) is 7.03. The van der Waals surface area contributed by atoms with E-state index in [4.69, 9.17) is 5.21 Å². The normalized spacial score (nSPS) is 24.6. The molecule has 0 radical (unpaired) electrons. The van der Waals surface area contributed by atoms with E-state index in [0.29, 0.717) is 13.0 Å². The van der Waals surface area contributed by atoms with Gasteiger partial charge in [-0.05, 0) is 39.3 Å². The molecular weight excluding hydrogens is 264 g/mol. The van der Waals surface area contributed by atoms with Crippen molar-refractivity contribution in [3.8, 4) is 0 Å². The van der Waals surface area contributed by atoms with E-state index in [2.05, 4.69) is 0 Å². The molecule has 0 aromatic carbocycles. The smallest absolute Gasteiger partial charge is 0.265 e. The molecule has 0 saturated carbocycles. The maximum absolute atomic E-state index is 12.6. The Kier molecular flexibility index (Phi) is 3.64. The second-order valence-electron chi connectivity index (χ2n) is 5.14. The molecule has 0 bridgehead atoms. The van der Waals surface area contributed by atoms with Crippen LogP contribution in [0.15, 0.2) is 12.1 Å². The van der Waals surface area contributed by atoms with Gasteiger partial charge in [-0.3, -0.25) is 14.8 Å². The van der Waals surface area contributed by atoms with Crippen molar-refractivity contribution in [1.29, 1.82) is 0 Å². The van der Waals surface area contributed by atoms with Gasteiger partial charge < -0.3 is 4.90 Å². The van der Waals surface area contributed by atoms with E-state index >= 15 is 0 Å². The lowest BCUT2D eigenvalue weighted by molar-refractivity contribution is -0.143. The maximum atomic E-state index is 12.6. The Bertz CT molecular complexity index is 514. The zero-order chi connectivity index (χ0) is 14.2. The fourth-order valence-corrected chi connectivity index (χ4v) is 3.47. The fourth-order valence-electron chi connectivity index (χ4n) is 2.43. The number of thiophene rings is 1. The van der Waals surface area contributed by atoms with Crippen molar-refractivity contribution < 1.29 is 14.8 Å². The minimum Gasteiger partial charge on any atom is -0.330 e. The molecule has 2 amide bonds. The number of aryl methyl sites for hydroxylation is 1. The molecule has 1 unspecified atom stereocenters. The van der Waals surface area contributed by atoms with Crippen LogP contribution < -0.4 is 5.48 Å². The highest BCUT2D eigenvalue weighted by Gasteiger charge is 2.47. The second kappa shape index (κ2) is 4.94. The van der Waals surface area contributed by atoms with Crippen LogP contribution in [0, 0.1) is 6.92 Å². The lowest BCUT2D eigenvalue weighted by Crippen LogP contribution is -2.47. The van der Waals surface area contributed by atoms with Gasteiger partial charge in [-0.15, -0.1) is 11.3 Å². The Balaban J connectivity index is 2.24. The van der Waals surface area contributed by atoms with Crippen LogP contribution in [0.3, 0.4) is 0 Å². The monoisotopic (exact) mass is 282 g/mol. The van der Waals surface area contributed by atoms with Gasteiger partial charge in [-0.2, -0.15) is 0 Å². The molecule has 1 fully saturated rings. The zero-order valence-electron chi connectivity index (χ0n) is 11.3.